The zero-order valence-corrected chi connectivity index (χ0v) is 10.2. The lowest BCUT2D eigenvalue weighted by Crippen LogP contribution is -2.38. The monoisotopic (exact) mass is 231 g/mol. The summed E-state index contributed by atoms with van der Waals surface area (Å²) in [5, 5.41) is 0.572. The molecule has 1 heterocycles. The summed E-state index contributed by atoms with van der Waals surface area (Å²) in [5.74, 6) is 0. The SMILES string of the molecule is CC1OCCC1S(=O)C1CCCC(N)C1. The van der Waals surface area contributed by atoms with Crippen molar-refractivity contribution in [3.63, 3.8) is 0 Å². The van der Waals surface area contributed by atoms with E-state index in [4.69, 9.17) is 10.5 Å². The molecule has 0 amide bonds. The van der Waals surface area contributed by atoms with E-state index in [1.54, 1.807) is 0 Å². The van der Waals surface area contributed by atoms with E-state index in [-0.39, 0.29) is 17.4 Å². The number of rotatable bonds is 2. The summed E-state index contributed by atoms with van der Waals surface area (Å²) in [6, 6.07) is 0.269. The molecular formula is C11H21NO2S. The first kappa shape index (κ1) is 11.6. The summed E-state index contributed by atoms with van der Waals surface area (Å²) in [6.07, 6.45) is 5.40. The molecule has 1 aliphatic carbocycles. The Bertz CT molecular complexity index is 247. The lowest BCUT2D eigenvalue weighted by Gasteiger charge is -2.28. The van der Waals surface area contributed by atoms with Gasteiger partial charge in [-0.1, -0.05) is 6.42 Å². The third kappa shape index (κ3) is 2.60. The van der Waals surface area contributed by atoms with E-state index in [9.17, 15) is 4.21 Å². The minimum absolute atomic E-state index is 0.170. The van der Waals surface area contributed by atoms with Crippen LogP contribution in [0.4, 0.5) is 0 Å². The van der Waals surface area contributed by atoms with E-state index >= 15 is 0 Å². The van der Waals surface area contributed by atoms with Crippen molar-refractivity contribution >= 4 is 10.8 Å². The van der Waals surface area contributed by atoms with Gasteiger partial charge in [0.2, 0.25) is 0 Å². The first-order chi connectivity index (χ1) is 7.18. The van der Waals surface area contributed by atoms with Crippen molar-refractivity contribution in [2.75, 3.05) is 6.61 Å². The predicted molar refractivity (Wildman–Crippen MR) is 62.2 cm³/mol. The van der Waals surface area contributed by atoms with Gasteiger partial charge in [0.05, 0.1) is 11.4 Å². The molecule has 15 heavy (non-hydrogen) atoms. The van der Waals surface area contributed by atoms with Gasteiger partial charge in [-0.05, 0) is 32.6 Å². The maximum Gasteiger partial charge on any atom is 0.0691 e. The normalized spacial score (nSPS) is 44.1. The van der Waals surface area contributed by atoms with Gasteiger partial charge in [-0.2, -0.15) is 0 Å². The van der Waals surface area contributed by atoms with Gasteiger partial charge in [-0.3, -0.25) is 4.21 Å². The molecule has 5 atom stereocenters. The number of nitrogens with two attached hydrogens (primary N) is 1. The van der Waals surface area contributed by atoms with Crippen LogP contribution in [0.15, 0.2) is 0 Å². The van der Waals surface area contributed by atoms with Crippen LogP contribution in [0.1, 0.15) is 39.0 Å². The highest BCUT2D eigenvalue weighted by atomic mass is 32.2. The molecule has 0 aromatic carbocycles. The fourth-order valence-electron chi connectivity index (χ4n) is 2.66. The minimum Gasteiger partial charge on any atom is -0.377 e. The van der Waals surface area contributed by atoms with Gasteiger partial charge < -0.3 is 10.5 Å². The summed E-state index contributed by atoms with van der Waals surface area (Å²) in [5.41, 5.74) is 5.93. The third-order valence-corrected chi connectivity index (χ3v) is 5.90. The van der Waals surface area contributed by atoms with Crippen LogP contribution >= 0.6 is 0 Å². The highest BCUT2D eigenvalue weighted by Crippen LogP contribution is 2.28. The van der Waals surface area contributed by atoms with Crippen LogP contribution in [0.2, 0.25) is 0 Å². The summed E-state index contributed by atoms with van der Waals surface area (Å²) < 4.78 is 17.8. The first-order valence-electron chi connectivity index (χ1n) is 5.95. The molecule has 0 radical (unpaired) electrons. The Labute approximate surface area is 94.2 Å². The van der Waals surface area contributed by atoms with Crippen LogP contribution in [0.5, 0.6) is 0 Å². The molecule has 1 aliphatic heterocycles. The highest BCUT2D eigenvalue weighted by Gasteiger charge is 2.35. The molecule has 0 spiro atoms. The fourth-order valence-corrected chi connectivity index (χ4v) is 4.77. The first-order valence-corrected chi connectivity index (χ1v) is 7.22. The van der Waals surface area contributed by atoms with Crippen molar-refractivity contribution in [3.05, 3.63) is 0 Å². The number of hydrogen-bond acceptors (Lipinski definition) is 3. The summed E-state index contributed by atoms with van der Waals surface area (Å²) in [7, 11) is -0.738. The average Bonchev–Trinajstić information content (AvgIpc) is 2.63. The van der Waals surface area contributed by atoms with Gasteiger partial charge in [0, 0.05) is 28.7 Å². The maximum atomic E-state index is 12.3. The smallest absolute Gasteiger partial charge is 0.0691 e. The average molecular weight is 231 g/mol. The number of ether oxygens (including phenoxy) is 1. The second-order valence-electron chi connectivity index (χ2n) is 4.78. The third-order valence-electron chi connectivity index (χ3n) is 3.60. The Morgan fingerprint density at radius 1 is 1.33 bits per heavy atom. The second-order valence-corrected chi connectivity index (χ2v) is 6.71. The van der Waals surface area contributed by atoms with E-state index in [1.807, 2.05) is 6.92 Å². The van der Waals surface area contributed by atoms with Gasteiger partial charge in [0.1, 0.15) is 0 Å². The Morgan fingerprint density at radius 3 is 2.73 bits per heavy atom. The molecule has 1 saturated heterocycles. The van der Waals surface area contributed by atoms with Crippen LogP contribution in [0.25, 0.3) is 0 Å². The van der Waals surface area contributed by atoms with Gasteiger partial charge in [0.15, 0.2) is 0 Å². The van der Waals surface area contributed by atoms with Crippen molar-refractivity contribution < 1.29 is 8.95 Å². The molecule has 2 fully saturated rings. The van der Waals surface area contributed by atoms with Gasteiger partial charge in [-0.15, -0.1) is 0 Å². The van der Waals surface area contributed by atoms with E-state index in [0.29, 0.717) is 5.25 Å². The summed E-state index contributed by atoms with van der Waals surface area (Å²) in [6.45, 7) is 2.81. The van der Waals surface area contributed by atoms with E-state index in [2.05, 4.69) is 0 Å². The highest BCUT2D eigenvalue weighted by molar-refractivity contribution is 7.86. The van der Waals surface area contributed by atoms with Crippen LogP contribution in [-0.2, 0) is 15.5 Å². The fraction of sp³-hybridized carbons (Fsp3) is 1.00. The second kappa shape index (κ2) is 4.93. The van der Waals surface area contributed by atoms with Crippen LogP contribution in [0.3, 0.4) is 0 Å². The number of hydrogen-bond donors (Lipinski definition) is 1. The molecule has 5 unspecified atom stereocenters. The van der Waals surface area contributed by atoms with Crippen LogP contribution in [0, 0.1) is 0 Å². The Hall–Kier alpha value is 0.0700. The molecule has 3 nitrogen and oxygen atoms in total. The molecular weight excluding hydrogens is 210 g/mol. The lowest BCUT2D eigenvalue weighted by molar-refractivity contribution is 0.126. The summed E-state index contributed by atoms with van der Waals surface area (Å²) >= 11 is 0. The van der Waals surface area contributed by atoms with Gasteiger partial charge >= 0.3 is 0 Å². The molecule has 88 valence electrons. The van der Waals surface area contributed by atoms with Crippen molar-refractivity contribution in [1.29, 1.82) is 0 Å². The van der Waals surface area contributed by atoms with E-state index in [1.165, 1.54) is 0 Å². The topological polar surface area (TPSA) is 52.3 Å². The van der Waals surface area contributed by atoms with Crippen molar-refractivity contribution in [2.45, 2.75) is 61.7 Å². The van der Waals surface area contributed by atoms with Crippen molar-refractivity contribution in [3.8, 4) is 0 Å². The van der Waals surface area contributed by atoms with Gasteiger partial charge in [-0.25, -0.2) is 0 Å². The molecule has 0 aromatic heterocycles. The molecule has 4 heteroatoms. The summed E-state index contributed by atoms with van der Waals surface area (Å²) in [4.78, 5) is 0. The molecule has 2 aliphatic rings. The zero-order chi connectivity index (χ0) is 10.8. The quantitative estimate of drug-likeness (QED) is 0.776. The molecule has 2 rings (SSSR count). The Morgan fingerprint density at radius 2 is 2.13 bits per heavy atom. The van der Waals surface area contributed by atoms with Crippen molar-refractivity contribution in [2.24, 2.45) is 5.73 Å². The molecule has 0 bridgehead atoms. The van der Waals surface area contributed by atoms with Gasteiger partial charge in [0.25, 0.3) is 0 Å². The van der Waals surface area contributed by atoms with E-state index < -0.39 is 10.8 Å². The molecule has 0 aromatic rings. The standard InChI is InChI=1S/C11H21NO2S/c1-8-11(5-6-14-8)15(13)10-4-2-3-9(12)7-10/h8-11H,2-7,12H2,1H3. The lowest BCUT2D eigenvalue weighted by atomic mass is 9.96. The predicted octanol–water partition coefficient (Wildman–Crippen LogP) is 1.18. The molecule has 1 saturated carbocycles. The Kier molecular flexibility index (Phi) is 3.80. The minimum atomic E-state index is -0.738. The van der Waals surface area contributed by atoms with Crippen LogP contribution in [-0.4, -0.2) is 33.5 Å². The molecule has 2 N–H and O–H groups in total. The van der Waals surface area contributed by atoms with Crippen molar-refractivity contribution in [1.82, 2.24) is 0 Å². The Balaban J connectivity index is 1.94. The van der Waals surface area contributed by atoms with Crippen LogP contribution < -0.4 is 5.73 Å². The van der Waals surface area contributed by atoms with E-state index in [0.717, 1.165) is 38.7 Å². The maximum absolute atomic E-state index is 12.3. The largest absolute Gasteiger partial charge is 0.377 e. The zero-order valence-electron chi connectivity index (χ0n) is 9.35.